The Labute approximate surface area is 82.0 Å². The van der Waals surface area contributed by atoms with E-state index < -0.39 is 0 Å². The molecular formula is C13H20. The largest absolute Gasteiger partial charge is 0.0882 e. The third kappa shape index (κ3) is 6.39. The van der Waals surface area contributed by atoms with Gasteiger partial charge in [-0.1, -0.05) is 49.3 Å². The van der Waals surface area contributed by atoms with Crippen LogP contribution in [-0.2, 0) is 0 Å². The van der Waals surface area contributed by atoms with Gasteiger partial charge in [0.05, 0.1) is 0 Å². The summed E-state index contributed by atoms with van der Waals surface area (Å²) in [6.45, 7) is 0. The van der Waals surface area contributed by atoms with Crippen LogP contribution < -0.4 is 0 Å². The topological polar surface area (TPSA) is 0 Å². The highest BCUT2D eigenvalue weighted by molar-refractivity contribution is 5.04. The first kappa shape index (κ1) is 10.3. The molecular weight excluding hydrogens is 156 g/mol. The maximum absolute atomic E-state index is 2.31. The molecule has 1 rings (SSSR count). The zero-order valence-corrected chi connectivity index (χ0v) is 8.41. The van der Waals surface area contributed by atoms with E-state index >= 15 is 0 Å². The first-order chi connectivity index (χ1) is 6.50. The summed E-state index contributed by atoms with van der Waals surface area (Å²) >= 11 is 0. The van der Waals surface area contributed by atoms with Gasteiger partial charge in [0.2, 0.25) is 0 Å². The lowest BCUT2D eigenvalue weighted by molar-refractivity contribution is 0.652. The molecule has 0 saturated heterocycles. The SMILES string of the molecule is C1=CC/C=C\CCCCCCC=C1. The van der Waals surface area contributed by atoms with E-state index in [1.165, 1.54) is 38.5 Å². The van der Waals surface area contributed by atoms with Crippen LogP contribution in [0.15, 0.2) is 36.5 Å². The number of allylic oxidation sites excluding steroid dienone is 6. The molecule has 0 atom stereocenters. The average Bonchev–Trinajstić information content (AvgIpc) is 2.18. The minimum atomic E-state index is 1.09. The summed E-state index contributed by atoms with van der Waals surface area (Å²) in [7, 11) is 0. The average molecular weight is 176 g/mol. The smallest absolute Gasteiger partial charge is 0.0166 e. The molecule has 0 aliphatic heterocycles. The molecule has 0 heteroatoms. The fourth-order valence-electron chi connectivity index (χ4n) is 1.50. The molecule has 0 unspecified atom stereocenters. The van der Waals surface area contributed by atoms with E-state index in [9.17, 15) is 0 Å². The van der Waals surface area contributed by atoms with Crippen LogP contribution in [-0.4, -0.2) is 0 Å². The van der Waals surface area contributed by atoms with E-state index in [0.717, 1.165) is 6.42 Å². The highest BCUT2D eigenvalue weighted by Gasteiger charge is 1.87. The molecule has 0 radical (unpaired) electrons. The van der Waals surface area contributed by atoms with E-state index in [4.69, 9.17) is 0 Å². The van der Waals surface area contributed by atoms with E-state index in [1.807, 2.05) is 0 Å². The van der Waals surface area contributed by atoms with Crippen LogP contribution in [0.2, 0.25) is 0 Å². The van der Waals surface area contributed by atoms with Gasteiger partial charge in [-0.2, -0.15) is 0 Å². The summed E-state index contributed by atoms with van der Waals surface area (Å²) in [5.41, 5.74) is 0. The fourth-order valence-corrected chi connectivity index (χ4v) is 1.50. The number of hydrogen-bond donors (Lipinski definition) is 0. The monoisotopic (exact) mass is 176 g/mol. The van der Waals surface area contributed by atoms with Crippen molar-refractivity contribution in [1.29, 1.82) is 0 Å². The summed E-state index contributed by atoms with van der Waals surface area (Å²) in [6.07, 6.45) is 22.5. The third-order valence-electron chi connectivity index (χ3n) is 2.31. The molecule has 1 aliphatic rings. The second-order valence-electron chi connectivity index (χ2n) is 3.55. The highest BCUT2D eigenvalue weighted by Crippen LogP contribution is 2.07. The molecule has 0 fully saturated rings. The van der Waals surface area contributed by atoms with Crippen molar-refractivity contribution in [3.05, 3.63) is 36.5 Å². The van der Waals surface area contributed by atoms with Crippen molar-refractivity contribution in [1.82, 2.24) is 0 Å². The van der Waals surface area contributed by atoms with Crippen molar-refractivity contribution in [2.24, 2.45) is 0 Å². The van der Waals surface area contributed by atoms with Gasteiger partial charge in [-0.3, -0.25) is 0 Å². The van der Waals surface area contributed by atoms with Crippen LogP contribution in [0, 0.1) is 0 Å². The molecule has 0 saturated carbocycles. The van der Waals surface area contributed by atoms with Gasteiger partial charge in [0.15, 0.2) is 0 Å². The summed E-state index contributed by atoms with van der Waals surface area (Å²) in [5.74, 6) is 0. The Bertz CT molecular complexity index is 184. The Hall–Kier alpha value is -0.780. The minimum Gasteiger partial charge on any atom is -0.0882 e. The van der Waals surface area contributed by atoms with Crippen LogP contribution in [0.4, 0.5) is 0 Å². The minimum absolute atomic E-state index is 1.09. The van der Waals surface area contributed by atoms with Gasteiger partial charge in [0.1, 0.15) is 0 Å². The zero-order chi connectivity index (χ0) is 9.19. The third-order valence-corrected chi connectivity index (χ3v) is 2.31. The van der Waals surface area contributed by atoms with Gasteiger partial charge in [-0.15, -0.1) is 0 Å². The standard InChI is InChI=1S/C13H20/c1-2-4-6-8-10-12-13-11-9-7-5-3-1/h1-4,7,9H,5-6,8,10-13H2/b3-1?,4-2?,9-7-. The Kier molecular flexibility index (Phi) is 6.22. The van der Waals surface area contributed by atoms with Gasteiger partial charge < -0.3 is 0 Å². The molecule has 0 aromatic rings. The molecule has 0 N–H and O–H groups in total. The first-order valence-electron chi connectivity index (χ1n) is 5.47. The van der Waals surface area contributed by atoms with E-state index in [1.54, 1.807) is 0 Å². The summed E-state index contributed by atoms with van der Waals surface area (Å²) in [5, 5.41) is 0. The molecule has 0 spiro atoms. The maximum Gasteiger partial charge on any atom is -0.0166 e. The molecule has 1 aliphatic carbocycles. The zero-order valence-electron chi connectivity index (χ0n) is 8.41. The molecule has 0 heterocycles. The Morgan fingerprint density at radius 2 is 1.23 bits per heavy atom. The molecule has 0 bridgehead atoms. The lowest BCUT2D eigenvalue weighted by Gasteiger charge is -1.95. The van der Waals surface area contributed by atoms with Crippen LogP contribution in [0.25, 0.3) is 0 Å². The van der Waals surface area contributed by atoms with E-state index in [-0.39, 0.29) is 0 Å². The van der Waals surface area contributed by atoms with Gasteiger partial charge in [-0.05, 0) is 32.1 Å². The molecule has 72 valence electrons. The lowest BCUT2D eigenvalue weighted by Crippen LogP contribution is -1.76. The van der Waals surface area contributed by atoms with Gasteiger partial charge in [0.25, 0.3) is 0 Å². The molecule has 0 aromatic carbocycles. The summed E-state index contributed by atoms with van der Waals surface area (Å²) in [6, 6.07) is 0. The van der Waals surface area contributed by atoms with Crippen LogP contribution >= 0.6 is 0 Å². The van der Waals surface area contributed by atoms with E-state index in [2.05, 4.69) is 36.5 Å². The van der Waals surface area contributed by atoms with Gasteiger partial charge >= 0.3 is 0 Å². The van der Waals surface area contributed by atoms with Crippen molar-refractivity contribution in [2.45, 2.75) is 44.9 Å². The quantitative estimate of drug-likeness (QED) is 0.480. The van der Waals surface area contributed by atoms with Crippen LogP contribution in [0.1, 0.15) is 44.9 Å². The second kappa shape index (κ2) is 7.85. The van der Waals surface area contributed by atoms with Crippen molar-refractivity contribution >= 4 is 0 Å². The van der Waals surface area contributed by atoms with Crippen LogP contribution in [0.5, 0.6) is 0 Å². The Balaban J connectivity index is 2.29. The molecule has 0 amide bonds. The summed E-state index contributed by atoms with van der Waals surface area (Å²) < 4.78 is 0. The van der Waals surface area contributed by atoms with Gasteiger partial charge in [-0.25, -0.2) is 0 Å². The van der Waals surface area contributed by atoms with Crippen LogP contribution in [0.3, 0.4) is 0 Å². The van der Waals surface area contributed by atoms with E-state index in [0.29, 0.717) is 0 Å². The van der Waals surface area contributed by atoms with Crippen molar-refractivity contribution in [2.75, 3.05) is 0 Å². The Morgan fingerprint density at radius 3 is 2.08 bits per heavy atom. The lowest BCUT2D eigenvalue weighted by atomic mass is 10.1. The van der Waals surface area contributed by atoms with Crippen molar-refractivity contribution < 1.29 is 0 Å². The highest BCUT2D eigenvalue weighted by atomic mass is 13.9. The first-order valence-corrected chi connectivity index (χ1v) is 5.47. The number of rotatable bonds is 0. The Morgan fingerprint density at radius 1 is 0.538 bits per heavy atom. The fraction of sp³-hybridized carbons (Fsp3) is 0.538. The second-order valence-corrected chi connectivity index (χ2v) is 3.55. The molecule has 13 heavy (non-hydrogen) atoms. The normalized spacial score (nSPS) is 22.8. The maximum atomic E-state index is 2.31. The van der Waals surface area contributed by atoms with Gasteiger partial charge in [0, 0.05) is 0 Å². The number of hydrogen-bond acceptors (Lipinski definition) is 0. The predicted octanol–water partition coefficient (Wildman–Crippen LogP) is 4.40. The molecule has 0 nitrogen and oxygen atoms in total. The van der Waals surface area contributed by atoms with Crippen molar-refractivity contribution in [3.63, 3.8) is 0 Å². The van der Waals surface area contributed by atoms with Crippen molar-refractivity contribution in [3.8, 4) is 0 Å². The predicted molar refractivity (Wildman–Crippen MR) is 59.7 cm³/mol. The molecule has 0 aromatic heterocycles. The summed E-state index contributed by atoms with van der Waals surface area (Å²) in [4.78, 5) is 0.